The van der Waals surface area contributed by atoms with Crippen molar-refractivity contribution in [3.05, 3.63) is 78.3 Å². The summed E-state index contributed by atoms with van der Waals surface area (Å²) in [7, 11) is 5.32. The van der Waals surface area contributed by atoms with Gasteiger partial charge >= 0.3 is 0 Å². The standard InChI is InChI=1S/C17H17NS2/c1-13(15-10-8-14(9-11-15)12-18-2)20-17(19)16-6-4-3-5-7-16/h2-11,13,18H,12H2,1H3. The highest BCUT2D eigenvalue weighted by atomic mass is 32.2. The van der Waals surface area contributed by atoms with Crippen LogP contribution in [0.25, 0.3) is 0 Å². The Morgan fingerprint density at radius 1 is 1.15 bits per heavy atom. The van der Waals surface area contributed by atoms with Crippen LogP contribution in [-0.2, 0) is 6.54 Å². The maximum absolute atomic E-state index is 5.50. The number of hydrogen-bond donors (Lipinski definition) is 1. The molecule has 1 N–H and O–H groups in total. The van der Waals surface area contributed by atoms with Crippen molar-refractivity contribution in [1.29, 1.82) is 0 Å². The zero-order valence-electron chi connectivity index (χ0n) is 11.4. The molecule has 0 saturated carbocycles. The van der Waals surface area contributed by atoms with Crippen LogP contribution in [0, 0.1) is 7.05 Å². The topological polar surface area (TPSA) is 12.0 Å². The molecule has 1 atom stereocenters. The van der Waals surface area contributed by atoms with Crippen LogP contribution < -0.4 is 5.32 Å². The number of rotatable bonds is 5. The second-order valence-electron chi connectivity index (χ2n) is 4.54. The first-order chi connectivity index (χ1) is 9.70. The van der Waals surface area contributed by atoms with Crippen LogP contribution in [0.3, 0.4) is 0 Å². The third-order valence-corrected chi connectivity index (χ3v) is 4.65. The molecule has 0 saturated heterocycles. The molecule has 20 heavy (non-hydrogen) atoms. The van der Waals surface area contributed by atoms with Gasteiger partial charge in [0.05, 0.1) is 4.20 Å². The molecule has 0 aliphatic rings. The van der Waals surface area contributed by atoms with Crippen molar-refractivity contribution in [1.82, 2.24) is 5.32 Å². The highest BCUT2D eigenvalue weighted by Crippen LogP contribution is 2.31. The van der Waals surface area contributed by atoms with Gasteiger partial charge in [-0.2, -0.15) is 0 Å². The van der Waals surface area contributed by atoms with Crippen LogP contribution in [0.2, 0.25) is 0 Å². The van der Waals surface area contributed by atoms with Gasteiger partial charge in [0.15, 0.2) is 0 Å². The molecule has 0 aliphatic carbocycles. The average Bonchev–Trinajstić information content (AvgIpc) is 2.49. The van der Waals surface area contributed by atoms with Gasteiger partial charge in [0.1, 0.15) is 0 Å². The smallest absolute Gasteiger partial charge is 0.0784 e. The molecule has 1 unspecified atom stereocenters. The summed E-state index contributed by atoms with van der Waals surface area (Å²) in [5, 5.41) is 3.00. The number of hydrogen-bond acceptors (Lipinski definition) is 3. The zero-order chi connectivity index (χ0) is 14.4. The number of benzene rings is 2. The maximum Gasteiger partial charge on any atom is 0.0784 e. The van der Waals surface area contributed by atoms with Crippen LogP contribution in [0.4, 0.5) is 0 Å². The molecule has 0 fully saturated rings. The van der Waals surface area contributed by atoms with E-state index in [0.717, 1.165) is 9.76 Å². The lowest BCUT2D eigenvalue weighted by Crippen LogP contribution is -2.02. The van der Waals surface area contributed by atoms with Crippen molar-refractivity contribution < 1.29 is 0 Å². The Kier molecular flexibility index (Phi) is 5.77. The van der Waals surface area contributed by atoms with Gasteiger partial charge in [-0.1, -0.05) is 66.8 Å². The molecule has 0 amide bonds. The largest absolute Gasteiger partial charge is 0.307 e. The molecule has 2 radical (unpaired) electrons. The van der Waals surface area contributed by atoms with E-state index >= 15 is 0 Å². The fraction of sp³-hybridized carbons (Fsp3) is 0.176. The third-order valence-electron chi connectivity index (χ3n) is 3.05. The molecule has 0 aromatic heterocycles. The molecular formula is C17H17NS2. The Morgan fingerprint density at radius 2 is 1.80 bits per heavy atom. The van der Waals surface area contributed by atoms with E-state index in [1.54, 1.807) is 11.8 Å². The molecule has 0 aliphatic heterocycles. The van der Waals surface area contributed by atoms with Crippen molar-refractivity contribution in [3.63, 3.8) is 0 Å². The molecule has 0 heterocycles. The summed E-state index contributed by atoms with van der Waals surface area (Å²) >= 11 is 7.22. The summed E-state index contributed by atoms with van der Waals surface area (Å²) < 4.78 is 0.936. The summed E-state index contributed by atoms with van der Waals surface area (Å²) in [6.45, 7) is 2.86. The van der Waals surface area contributed by atoms with E-state index in [1.165, 1.54) is 11.1 Å². The Labute approximate surface area is 130 Å². The third kappa shape index (κ3) is 4.17. The number of thioether (sulfide) groups is 1. The number of nitrogens with one attached hydrogen (secondary N) is 1. The normalized spacial score (nSPS) is 12.1. The molecule has 1 nitrogen and oxygen atoms in total. The fourth-order valence-electron chi connectivity index (χ4n) is 1.90. The van der Waals surface area contributed by atoms with Crippen molar-refractivity contribution in [2.75, 3.05) is 0 Å². The summed E-state index contributed by atoms with van der Waals surface area (Å²) in [4.78, 5) is 0. The average molecular weight is 299 g/mol. The Bertz CT molecular complexity index is 549. The lowest BCUT2D eigenvalue weighted by atomic mass is 10.1. The molecule has 3 heteroatoms. The maximum atomic E-state index is 5.50. The Balaban J connectivity index is 2.01. The van der Waals surface area contributed by atoms with Crippen LogP contribution in [0.5, 0.6) is 0 Å². The van der Waals surface area contributed by atoms with Gasteiger partial charge in [-0.3, -0.25) is 0 Å². The second-order valence-corrected chi connectivity index (χ2v) is 6.55. The first kappa shape index (κ1) is 15.2. The molecule has 2 aromatic carbocycles. The lowest BCUT2D eigenvalue weighted by Gasteiger charge is -2.13. The van der Waals surface area contributed by atoms with Crippen molar-refractivity contribution in [2.45, 2.75) is 18.7 Å². The van der Waals surface area contributed by atoms with E-state index in [4.69, 9.17) is 19.3 Å². The van der Waals surface area contributed by atoms with E-state index in [0.29, 0.717) is 11.8 Å². The van der Waals surface area contributed by atoms with E-state index in [9.17, 15) is 0 Å². The number of thiocarbonyl (C=S) groups is 1. The van der Waals surface area contributed by atoms with Gasteiger partial charge in [-0.25, -0.2) is 0 Å². The van der Waals surface area contributed by atoms with E-state index in [1.807, 2.05) is 18.2 Å². The van der Waals surface area contributed by atoms with Crippen molar-refractivity contribution >= 4 is 28.2 Å². The van der Waals surface area contributed by atoms with Crippen molar-refractivity contribution in [3.8, 4) is 0 Å². The van der Waals surface area contributed by atoms with Gasteiger partial charge in [0.2, 0.25) is 0 Å². The minimum Gasteiger partial charge on any atom is -0.307 e. The van der Waals surface area contributed by atoms with Crippen LogP contribution in [0.15, 0.2) is 54.6 Å². The molecule has 2 rings (SSSR count). The summed E-state index contributed by atoms with van der Waals surface area (Å²) in [6.07, 6.45) is 0. The quantitative estimate of drug-likeness (QED) is 0.639. The molecule has 0 spiro atoms. The Hall–Kier alpha value is -1.16. The molecule has 102 valence electrons. The minimum atomic E-state index is 0.336. The lowest BCUT2D eigenvalue weighted by molar-refractivity contribution is 0.865. The van der Waals surface area contributed by atoms with Crippen molar-refractivity contribution in [2.24, 2.45) is 0 Å². The first-order valence-corrected chi connectivity index (χ1v) is 7.78. The SMILES string of the molecule is [CH]NCc1ccc(C(C)SC(=S)c2ccccc2)cc1. The van der Waals surface area contributed by atoms with Crippen LogP contribution in [-0.4, -0.2) is 4.20 Å². The van der Waals surface area contributed by atoms with Gasteiger partial charge in [-0.05, 0) is 23.6 Å². The fourth-order valence-corrected chi connectivity index (χ4v) is 3.35. The van der Waals surface area contributed by atoms with Crippen LogP contribution in [0.1, 0.15) is 28.9 Å². The molecular weight excluding hydrogens is 282 g/mol. The second kappa shape index (κ2) is 7.58. The minimum absolute atomic E-state index is 0.336. The van der Waals surface area contributed by atoms with Gasteiger partial charge in [0.25, 0.3) is 0 Å². The van der Waals surface area contributed by atoms with E-state index < -0.39 is 0 Å². The monoisotopic (exact) mass is 299 g/mol. The van der Waals surface area contributed by atoms with E-state index in [2.05, 4.69) is 48.6 Å². The summed E-state index contributed by atoms with van der Waals surface area (Å²) in [5.41, 5.74) is 3.57. The first-order valence-electron chi connectivity index (χ1n) is 6.49. The predicted octanol–water partition coefficient (Wildman–Crippen LogP) is 4.61. The summed E-state index contributed by atoms with van der Waals surface area (Å²) in [6, 6.07) is 18.6. The highest BCUT2D eigenvalue weighted by molar-refractivity contribution is 8.23. The van der Waals surface area contributed by atoms with Gasteiger partial charge in [-0.15, -0.1) is 11.8 Å². The predicted molar refractivity (Wildman–Crippen MR) is 91.7 cm³/mol. The van der Waals surface area contributed by atoms with Crippen LogP contribution >= 0.6 is 24.0 Å². The van der Waals surface area contributed by atoms with Gasteiger partial charge < -0.3 is 5.32 Å². The zero-order valence-corrected chi connectivity index (χ0v) is 13.0. The molecule has 2 aromatic rings. The van der Waals surface area contributed by atoms with Gasteiger partial charge in [0, 0.05) is 18.8 Å². The Morgan fingerprint density at radius 3 is 2.40 bits per heavy atom. The highest BCUT2D eigenvalue weighted by Gasteiger charge is 2.10. The summed E-state index contributed by atoms with van der Waals surface area (Å²) in [5.74, 6) is 0. The molecule has 0 bridgehead atoms. The van der Waals surface area contributed by atoms with E-state index in [-0.39, 0.29) is 0 Å².